The van der Waals surface area contributed by atoms with Crippen molar-refractivity contribution < 1.29 is 9.59 Å². The summed E-state index contributed by atoms with van der Waals surface area (Å²) >= 11 is 0. The first kappa shape index (κ1) is 17.7. The normalized spacial score (nSPS) is 19.4. The van der Waals surface area contributed by atoms with Crippen LogP contribution in [0, 0.1) is 12.3 Å². The van der Waals surface area contributed by atoms with Crippen LogP contribution in [-0.4, -0.2) is 41.3 Å². The van der Waals surface area contributed by atoms with Gasteiger partial charge in [0.25, 0.3) is 5.91 Å². The van der Waals surface area contributed by atoms with Crippen LogP contribution in [0.2, 0.25) is 0 Å². The molecule has 2 aromatic rings. The molecule has 2 aliphatic rings. The molecule has 3 heterocycles. The SMILES string of the molecule is Cc1cccc(C(=O)N2CCC3(CCCN(c4ccccc4)C3=O)CC2)n1. The Hall–Kier alpha value is -2.69. The zero-order valence-electron chi connectivity index (χ0n) is 15.7. The minimum Gasteiger partial charge on any atom is -0.337 e. The monoisotopic (exact) mass is 363 g/mol. The van der Waals surface area contributed by atoms with Gasteiger partial charge in [-0.25, -0.2) is 4.98 Å². The van der Waals surface area contributed by atoms with E-state index in [1.165, 1.54) is 0 Å². The summed E-state index contributed by atoms with van der Waals surface area (Å²) < 4.78 is 0. The number of carbonyl (C=O) groups is 2. The largest absolute Gasteiger partial charge is 0.337 e. The molecule has 2 aliphatic heterocycles. The Balaban J connectivity index is 1.47. The second kappa shape index (κ2) is 7.14. The maximum atomic E-state index is 13.3. The molecule has 2 fully saturated rings. The molecule has 140 valence electrons. The average molecular weight is 363 g/mol. The van der Waals surface area contributed by atoms with Crippen LogP contribution in [0.4, 0.5) is 5.69 Å². The van der Waals surface area contributed by atoms with Gasteiger partial charge in [-0.1, -0.05) is 24.3 Å². The fourth-order valence-corrected chi connectivity index (χ4v) is 4.35. The van der Waals surface area contributed by atoms with Crippen molar-refractivity contribution in [2.75, 3.05) is 24.5 Å². The number of nitrogens with zero attached hydrogens (tertiary/aromatic N) is 3. The number of likely N-dealkylation sites (tertiary alicyclic amines) is 1. The highest BCUT2D eigenvalue weighted by molar-refractivity contribution is 5.99. The number of rotatable bonds is 2. The van der Waals surface area contributed by atoms with Gasteiger partial charge in [-0.05, 0) is 56.9 Å². The molecule has 0 atom stereocenters. The molecule has 0 saturated carbocycles. The Bertz CT molecular complexity index is 842. The number of hydrogen-bond donors (Lipinski definition) is 0. The molecule has 5 nitrogen and oxygen atoms in total. The Kier molecular flexibility index (Phi) is 4.68. The van der Waals surface area contributed by atoms with E-state index in [1.807, 2.05) is 59.2 Å². The van der Waals surface area contributed by atoms with E-state index in [0.29, 0.717) is 18.8 Å². The van der Waals surface area contributed by atoms with Gasteiger partial charge in [-0.2, -0.15) is 0 Å². The smallest absolute Gasteiger partial charge is 0.272 e. The molecule has 0 N–H and O–H groups in total. The minimum absolute atomic E-state index is 0.0308. The summed E-state index contributed by atoms with van der Waals surface area (Å²) in [6.07, 6.45) is 3.38. The molecule has 2 amide bonds. The van der Waals surface area contributed by atoms with Crippen LogP contribution in [0.3, 0.4) is 0 Å². The van der Waals surface area contributed by atoms with Crippen LogP contribution >= 0.6 is 0 Å². The zero-order valence-corrected chi connectivity index (χ0v) is 15.7. The number of aromatic nitrogens is 1. The maximum Gasteiger partial charge on any atom is 0.272 e. The van der Waals surface area contributed by atoms with E-state index in [9.17, 15) is 9.59 Å². The lowest BCUT2D eigenvalue weighted by Crippen LogP contribution is -2.54. The third-order valence-corrected chi connectivity index (χ3v) is 5.92. The van der Waals surface area contributed by atoms with E-state index in [1.54, 1.807) is 6.07 Å². The number of benzene rings is 1. The highest BCUT2D eigenvalue weighted by atomic mass is 16.2. The van der Waals surface area contributed by atoms with E-state index in [0.717, 1.165) is 43.6 Å². The molecule has 1 spiro atoms. The third kappa shape index (κ3) is 3.34. The summed E-state index contributed by atoms with van der Waals surface area (Å²) in [5.74, 6) is 0.192. The quantitative estimate of drug-likeness (QED) is 0.821. The summed E-state index contributed by atoms with van der Waals surface area (Å²) in [6.45, 7) is 3.90. The van der Waals surface area contributed by atoms with Gasteiger partial charge in [0.05, 0.1) is 5.41 Å². The molecule has 2 saturated heterocycles. The number of pyridine rings is 1. The number of anilines is 1. The van der Waals surface area contributed by atoms with Gasteiger partial charge in [0, 0.05) is 31.0 Å². The topological polar surface area (TPSA) is 53.5 Å². The molecule has 0 aliphatic carbocycles. The van der Waals surface area contributed by atoms with Crippen molar-refractivity contribution in [3.8, 4) is 0 Å². The van der Waals surface area contributed by atoms with Crippen molar-refractivity contribution in [2.24, 2.45) is 5.41 Å². The lowest BCUT2D eigenvalue weighted by Gasteiger charge is -2.46. The standard InChI is InChI=1S/C22H25N3O2/c1-17-7-5-10-19(23-17)20(26)24-15-12-22(13-16-24)11-6-14-25(21(22)27)18-8-3-2-4-9-18/h2-5,7-10H,6,11-16H2,1H3. The molecular weight excluding hydrogens is 338 g/mol. The number of carbonyl (C=O) groups excluding carboxylic acids is 2. The molecule has 1 aromatic heterocycles. The first-order valence-corrected chi connectivity index (χ1v) is 9.69. The fraction of sp³-hybridized carbons (Fsp3) is 0.409. The van der Waals surface area contributed by atoms with Crippen molar-refractivity contribution in [1.29, 1.82) is 0 Å². The summed E-state index contributed by atoms with van der Waals surface area (Å²) in [7, 11) is 0. The van der Waals surface area contributed by atoms with Gasteiger partial charge in [-0.15, -0.1) is 0 Å². The second-order valence-electron chi connectivity index (χ2n) is 7.63. The van der Waals surface area contributed by atoms with Crippen LogP contribution in [0.15, 0.2) is 48.5 Å². The van der Waals surface area contributed by atoms with Crippen molar-refractivity contribution in [3.05, 3.63) is 59.9 Å². The van der Waals surface area contributed by atoms with Crippen molar-refractivity contribution in [3.63, 3.8) is 0 Å². The van der Waals surface area contributed by atoms with Gasteiger partial charge in [0.1, 0.15) is 5.69 Å². The van der Waals surface area contributed by atoms with Gasteiger partial charge in [0.2, 0.25) is 5.91 Å². The average Bonchev–Trinajstić information content (AvgIpc) is 2.71. The first-order chi connectivity index (χ1) is 13.1. The molecule has 0 bridgehead atoms. The van der Waals surface area contributed by atoms with Crippen LogP contribution < -0.4 is 4.90 Å². The van der Waals surface area contributed by atoms with E-state index < -0.39 is 0 Å². The Morgan fingerprint density at radius 2 is 1.70 bits per heavy atom. The summed E-state index contributed by atoms with van der Waals surface area (Å²) in [4.78, 5) is 34.2. The highest BCUT2D eigenvalue weighted by Crippen LogP contribution is 2.42. The number of amides is 2. The minimum atomic E-state index is -0.328. The zero-order chi connectivity index (χ0) is 18.9. The van der Waals surface area contributed by atoms with Crippen LogP contribution in [0.5, 0.6) is 0 Å². The molecule has 0 radical (unpaired) electrons. The summed E-state index contributed by atoms with van der Waals surface area (Å²) in [5, 5.41) is 0. The maximum absolute atomic E-state index is 13.3. The number of para-hydroxylation sites is 1. The Morgan fingerprint density at radius 1 is 0.963 bits per heavy atom. The molecule has 27 heavy (non-hydrogen) atoms. The van der Waals surface area contributed by atoms with Crippen LogP contribution in [-0.2, 0) is 4.79 Å². The molecule has 4 rings (SSSR count). The van der Waals surface area contributed by atoms with Crippen LogP contribution in [0.25, 0.3) is 0 Å². The van der Waals surface area contributed by atoms with Crippen LogP contribution in [0.1, 0.15) is 41.9 Å². The van der Waals surface area contributed by atoms with Gasteiger partial charge in [-0.3, -0.25) is 9.59 Å². The molecule has 0 unspecified atom stereocenters. The van der Waals surface area contributed by atoms with Crippen molar-refractivity contribution in [2.45, 2.75) is 32.6 Å². The van der Waals surface area contributed by atoms with E-state index in [2.05, 4.69) is 4.98 Å². The Labute approximate surface area is 160 Å². The van der Waals surface area contributed by atoms with E-state index in [4.69, 9.17) is 0 Å². The second-order valence-corrected chi connectivity index (χ2v) is 7.63. The van der Waals surface area contributed by atoms with E-state index >= 15 is 0 Å². The lowest BCUT2D eigenvalue weighted by atomic mass is 9.71. The number of aryl methyl sites for hydroxylation is 1. The third-order valence-electron chi connectivity index (χ3n) is 5.92. The van der Waals surface area contributed by atoms with Gasteiger partial charge >= 0.3 is 0 Å². The molecule has 5 heteroatoms. The fourth-order valence-electron chi connectivity index (χ4n) is 4.35. The predicted octanol–water partition coefficient (Wildman–Crippen LogP) is 3.44. The number of piperidine rings is 2. The number of hydrogen-bond acceptors (Lipinski definition) is 3. The van der Waals surface area contributed by atoms with Gasteiger partial charge < -0.3 is 9.80 Å². The first-order valence-electron chi connectivity index (χ1n) is 9.69. The highest BCUT2D eigenvalue weighted by Gasteiger charge is 2.46. The lowest BCUT2D eigenvalue weighted by molar-refractivity contribution is -0.133. The molecular formula is C22H25N3O2. The van der Waals surface area contributed by atoms with Gasteiger partial charge in [0.15, 0.2) is 0 Å². The summed E-state index contributed by atoms with van der Waals surface area (Å²) in [6, 6.07) is 15.4. The van der Waals surface area contributed by atoms with Crippen molar-refractivity contribution >= 4 is 17.5 Å². The van der Waals surface area contributed by atoms with E-state index in [-0.39, 0.29) is 17.2 Å². The van der Waals surface area contributed by atoms with Crippen molar-refractivity contribution in [1.82, 2.24) is 9.88 Å². The summed E-state index contributed by atoms with van der Waals surface area (Å²) in [5.41, 5.74) is 1.98. The molecule has 1 aromatic carbocycles. The predicted molar refractivity (Wildman–Crippen MR) is 105 cm³/mol. The Morgan fingerprint density at radius 3 is 2.41 bits per heavy atom.